The van der Waals surface area contributed by atoms with Gasteiger partial charge in [0.05, 0.1) is 12.6 Å². The third-order valence-corrected chi connectivity index (χ3v) is 5.10. The van der Waals surface area contributed by atoms with Gasteiger partial charge in [-0.05, 0) is 50.8 Å². The summed E-state index contributed by atoms with van der Waals surface area (Å²) in [4.78, 5) is 14.3. The molecule has 27 heavy (non-hydrogen) atoms. The maximum atomic E-state index is 13.3. The number of alkyl halides is 3. The van der Waals surface area contributed by atoms with E-state index in [4.69, 9.17) is 0 Å². The monoisotopic (exact) mass is 379 g/mol. The Morgan fingerprint density at radius 2 is 2.04 bits per heavy atom. The molecule has 0 aromatic heterocycles. The van der Waals surface area contributed by atoms with Crippen LogP contribution in [0.15, 0.2) is 41.0 Å². The molecule has 1 amide bonds. The average Bonchev–Trinajstić information content (AvgIpc) is 3.02. The number of halogens is 3. The van der Waals surface area contributed by atoms with E-state index in [9.17, 15) is 18.0 Å². The maximum Gasteiger partial charge on any atom is 0.435 e. The Labute approximate surface area is 157 Å². The van der Waals surface area contributed by atoms with Crippen LogP contribution in [0.4, 0.5) is 13.2 Å². The van der Waals surface area contributed by atoms with Crippen LogP contribution in [0.5, 0.6) is 0 Å². The van der Waals surface area contributed by atoms with E-state index in [-0.39, 0.29) is 18.5 Å². The summed E-state index contributed by atoms with van der Waals surface area (Å²) in [5.41, 5.74) is 0.853. The molecule has 1 heterocycles. The number of carbonyl (C=O) groups excluding carboxylic acids is 1. The first-order valence-corrected chi connectivity index (χ1v) is 9.36. The van der Waals surface area contributed by atoms with Crippen molar-refractivity contribution in [2.24, 2.45) is 5.10 Å². The summed E-state index contributed by atoms with van der Waals surface area (Å²) in [6.07, 6.45) is -0.612. The van der Waals surface area contributed by atoms with Gasteiger partial charge in [0, 0.05) is 24.2 Å². The van der Waals surface area contributed by atoms with Gasteiger partial charge in [-0.25, -0.2) is 0 Å². The number of rotatable bonds is 5. The maximum absolute atomic E-state index is 13.3. The summed E-state index contributed by atoms with van der Waals surface area (Å²) in [5.74, 6) is -0.0685. The minimum absolute atomic E-state index is 0.0685. The predicted octanol–water partition coefficient (Wildman–Crippen LogP) is 4.38. The molecule has 0 saturated carbocycles. The lowest BCUT2D eigenvalue weighted by Crippen LogP contribution is -2.32. The molecular weight excluding hydrogens is 355 g/mol. The van der Waals surface area contributed by atoms with E-state index in [2.05, 4.69) is 5.10 Å². The van der Waals surface area contributed by atoms with Crippen LogP contribution in [0, 0.1) is 0 Å². The van der Waals surface area contributed by atoms with Gasteiger partial charge in [-0.15, -0.1) is 0 Å². The van der Waals surface area contributed by atoms with E-state index >= 15 is 0 Å². The highest BCUT2D eigenvalue weighted by molar-refractivity contribution is 6.06. The molecule has 7 heteroatoms. The fourth-order valence-corrected chi connectivity index (χ4v) is 3.73. The number of allylic oxidation sites excluding steroid dienone is 1. The molecule has 146 valence electrons. The van der Waals surface area contributed by atoms with Gasteiger partial charge in [-0.3, -0.25) is 9.80 Å². The van der Waals surface area contributed by atoms with Crippen LogP contribution < -0.4 is 0 Å². The third-order valence-electron chi connectivity index (χ3n) is 5.10. The second-order valence-electron chi connectivity index (χ2n) is 6.83. The Balaban J connectivity index is 1.84. The van der Waals surface area contributed by atoms with Gasteiger partial charge in [0.15, 0.2) is 5.71 Å². The molecule has 0 saturated heterocycles. The lowest BCUT2D eigenvalue weighted by atomic mass is 9.91. The molecular formula is C20H24F3N3O. The number of carbonyl (C=O) groups is 1. The molecule has 4 nitrogen and oxygen atoms in total. The molecule has 2 aliphatic rings. The third kappa shape index (κ3) is 4.01. The van der Waals surface area contributed by atoms with Crippen molar-refractivity contribution in [1.82, 2.24) is 9.91 Å². The Morgan fingerprint density at radius 3 is 2.70 bits per heavy atom. The van der Waals surface area contributed by atoms with E-state index in [1.165, 1.54) is 5.01 Å². The predicted molar refractivity (Wildman–Crippen MR) is 98.4 cm³/mol. The highest BCUT2D eigenvalue weighted by atomic mass is 19.4. The number of amides is 1. The van der Waals surface area contributed by atoms with Crippen molar-refractivity contribution in [3.8, 4) is 0 Å². The molecule has 1 aliphatic heterocycles. The Morgan fingerprint density at radius 1 is 1.30 bits per heavy atom. The zero-order chi connectivity index (χ0) is 19.6. The Bertz CT molecular complexity index is 766. The van der Waals surface area contributed by atoms with E-state index < -0.39 is 11.9 Å². The van der Waals surface area contributed by atoms with Crippen molar-refractivity contribution in [3.05, 3.63) is 47.0 Å². The van der Waals surface area contributed by atoms with Gasteiger partial charge in [-0.2, -0.15) is 18.3 Å². The van der Waals surface area contributed by atoms with Crippen molar-refractivity contribution >= 4 is 11.6 Å². The minimum Gasteiger partial charge on any atom is -0.339 e. The highest BCUT2D eigenvalue weighted by Gasteiger charge is 2.46. The summed E-state index contributed by atoms with van der Waals surface area (Å²) in [7, 11) is 0. The number of hydrazone groups is 1. The van der Waals surface area contributed by atoms with Crippen molar-refractivity contribution in [1.29, 1.82) is 0 Å². The number of fused-ring (bicyclic) bond motifs is 1. The highest BCUT2D eigenvalue weighted by Crippen LogP contribution is 2.37. The van der Waals surface area contributed by atoms with Gasteiger partial charge in [0.1, 0.15) is 0 Å². The molecule has 0 fully saturated rings. The summed E-state index contributed by atoms with van der Waals surface area (Å²) >= 11 is 0. The Kier molecular flexibility index (Phi) is 5.58. The van der Waals surface area contributed by atoms with E-state index in [1.54, 1.807) is 29.2 Å². The number of hydrogen-bond donors (Lipinski definition) is 0. The number of nitrogens with zero attached hydrogens (tertiary/aromatic N) is 3. The summed E-state index contributed by atoms with van der Waals surface area (Å²) in [6, 6.07) is 6.76. The molecule has 0 radical (unpaired) electrons. The van der Waals surface area contributed by atoms with Crippen molar-refractivity contribution < 1.29 is 18.0 Å². The second kappa shape index (κ2) is 7.74. The molecule has 0 N–H and O–H groups in total. The summed E-state index contributed by atoms with van der Waals surface area (Å²) < 4.78 is 40.0. The van der Waals surface area contributed by atoms with Crippen molar-refractivity contribution in [2.75, 3.05) is 13.1 Å². The first-order valence-electron chi connectivity index (χ1n) is 9.36. The van der Waals surface area contributed by atoms with Crippen LogP contribution in [0.2, 0.25) is 0 Å². The first kappa shape index (κ1) is 19.5. The van der Waals surface area contributed by atoms with E-state index in [1.807, 2.05) is 19.9 Å². The van der Waals surface area contributed by atoms with Crippen molar-refractivity contribution in [2.45, 2.75) is 51.9 Å². The smallest absolute Gasteiger partial charge is 0.339 e. The number of benzene rings is 1. The summed E-state index contributed by atoms with van der Waals surface area (Å²) in [5, 5.41) is 5.43. The molecule has 1 aromatic rings. The SMILES string of the molecule is CCN(CC)C(=O)c1cccc(CN2N=C(C(F)(F)F)C3=CCCCC32)c1. The fourth-order valence-electron chi connectivity index (χ4n) is 3.73. The zero-order valence-corrected chi connectivity index (χ0v) is 15.6. The van der Waals surface area contributed by atoms with Gasteiger partial charge >= 0.3 is 6.18 Å². The zero-order valence-electron chi connectivity index (χ0n) is 15.6. The minimum atomic E-state index is -4.45. The fraction of sp³-hybridized carbons (Fsp3) is 0.500. The normalized spacial score (nSPS) is 19.4. The lowest BCUT2D eigenvalue weighted by molar-refractivity contribution is -0.0584. The van der Waals surface area contributed by atoms with Crippen LogP contribution in [0.1, 0.15) is 49.0 Å². The van der Waals surface area contributed by atoms with Crippen molar-refractivity contribution in [3.63, 3.8) is 0 Å². The molecule has 1 aliphatic carbocycles. The van der Waals surface area contributed by atoms with Gasteiger partial charge < -0.3 is 4.90 Å². The first-order chi connectivity index (χ1) is 12.8. The second-order valence-corrected chi connectivity index (χ2v) is 6.83. The lowest BCUT2D eigenvalue weighted by Gasteiger charge is -2.27. The topological polar surface area (TPSA) is 35.9 Å². The number of hydrogen-bond acceptors (Lipinski definition) is 3. The van der Waals surface area contributed by atoms with E-state index in [0.29, 0.717) is 37.1 Å². The quantitative estimate of drug-likeness (QED) is 0.761. The van der Waals surface area contributed by atoms with Crippen LogP contribution >= 0.6 is 0 Å². The molecule has 3 rings (SSSR count). The van der Waals surface area contributed by atoms with Gasteiger partial charge in [-0.1, -0.05) is 18.2 Å². The molecule has 1 aromatic carbocycles. The summed E-state index contributed by atoms with van der Waals surface area (Å²) in [6.45, 7) is 5.31. The molecule has 1 unspecified atom stereocenters. The molecule has 0 spiro atoms. The van der Waals surface area contributed by atoms with Gasteiger partial charge in [0.2, 0.25) is 0 Å². The van der Waals surface area contributed by atoms with Crippen LogP contribution in [-0.4, -0.2) is 46.8 Å². The molecule has 0 bridgehead atoms. The van der Waals surface area contributed by atoms with Crippen LogP contribution in [0.3, 0.4) is 0 Å². The largest absolute Gasteiger partial charge is 0.435 e. The molecule has 1 atom stereocenters. The van der Waals surface area contributed by atoms with Gasteiger partial charge in [0.25, 0.3) is 5.91 Å². The Hall–Kier alpha value is -2.31. The average molecular weight is 379 g/mol. The van der Waals surface area contributed by atoms with Crippen LogP contribution in [-0.2, 0) is 6.54 Å². The van der Waals surface area contributed by atoms with E-state index in [0.717, 1.165) is 12.0 Å². The van der Waals surface area contributed by atoms with Crippen LogP contribution in [0.25, 0.3) is 0 Å². The standard InChI is InChI=1S/C20H24F3N3O/c1-3-25(4-2)19(27)15-9-7-8-14(12-15)13-26-17-11-6-5-10-16(17)18(24-26)20(21,22)23/h7-10,12,17H,3-6,11,13H2,1-2H3.